The number of carbonyl (C=O) groups is 2. The van der Waals surface area contributed by atoms with E-state index in [9.17, 15) is 9.59 Å². The fourth-order valence-corrected chi connectivity index (χ4v) is 3.00. The molecule has 0 aromatic heterocycles. The van der Waals surface area contributed by atoms with Gasteiger partial charge in [-0.05, 0) is 18.2 Å². The number of hydrogen-bond acceptors (Lipinski definition) is 5. The Morgan fingerprint density at radius 1 is 1.28 bits per heavy atom. The molecule has 1 aliphatic rings. The van der Waals surface area contributed by atoms with Gasteiger partial charge >= 0.3 is 0 Å². The number of halogens is 2. The second kappa shape index (κ2) is 11.5. The molecule has 1 saturated heterocycles. The zero-order valence-electron chi connectivity index (χ0n) is 14.3. The van der Waals surface area contributed by atoms with Gasteiger partial charge in [0.25, 0.3) is 0 Å². The zero-order valence-corrected chi connectivity index (χ0v) is 16.7. The first-order valence-corrected chi connectivity index (χ1v) is 8.96. The van der Waals surface area contributed by atoms with Crippen LogP contribution in [0.15, 0.2) is 22.7 Å². The van der Waals surface area contributed by atoms with Gasteiger partial charge in [-0.1, -0.05) is 15.9 Å². The van der Waals surface area contributed by atoms with Crippen molar-refractivity contribution in [3.05, 3.63) is 28.2 Å². The molecule has 25 heavy (non-hydrogen) atoms. The quantitative estimate of drug-likeness (QED) is 0.611. The molecule has 0 atom stereocenters. The molecule has 8 heteroatoms. The summed E-state index contributed by atoms with van der Waals surface area (Å²) in [5.74, 6) is 0.347. The summed E-state index contributed by atoms with van der Waals surface area (Å²) in [4.78, 5) is 26.5. The largest absolute Gasteiger partial charge is 0.496 e. The van der Waals surface area contributed by atoms with Crippen molar-refractivity contribution >= 4 is 40.0 Å². The van der Waals surface area contributed by atoms with Crippen LogP contribution >= 0.6 is 28.3 Å². The summed E-state index contributed by atoms with van der Waals surface area (Å²) in [6.07, 6.45) is 0.363. The highest BCUT2D eigenvalue weighted by atomic mass is 79.9. The lowest BCUT2D eigenvalue weighted by Crippen LogP contribution is -2.46. The van der Waals surface area contributed by atoms with Gasteiger partial charge < -0.3 is 15.4 Å². The predicted octanol–water partition coefficient (Wildman–Crippen LogP) is 1.86. The second-order valence-corrected chi connectivity index (χ2v) is 6.63. The lowest BCUT2D eigenvalue weighted by atomic mass is 10.1. The number of amides is 1. The summed E-state index contributed by atoms with van der Waals surface area (Å²) >= 11 is 3.35. The third-order valence-corrected chi connectivity index (χ3v) is 4.49. The number of hydrogen-bond donors (Lipinski definition) is 2. The van der Waals surface area contributed by atoms with Gasteiger partial charge in [-0.15, -0.1) is 12.4 Å². The molecule has 6 nitrogen and oxygen atoms in total. The minimum Gasteiger partial charge on any atom is -0.496 e. The van der Waals surface area contributed by atoms with E-state index in [4.69, 9.17) is 4.74 Å². The smallest absolute Gasteiger partial charge is 0.220 e. The summed E-state index contributed by atoms with van der Waals surface area (Å²) in [6, 6.07) is 5.28. The lowest BCUT2D eigenvalue weighted by Gasteiger charge is -2.27. The summed E-state index contributed by atoms with van der Waals surface area (Å²) in [7, 11) is 1.53. The molecule has 1 fully saturated rings. The topological polar surface area (TPSA) is 70.7 Å². The van der Waals surface area contributed by atoms with Crippen molar-refractivity contribution in [2.75, 3.05) is 46.4 Å². The van der Waals surface area contributed by atoms with Crippen LogP contribution in [0.4, 0.5) is 0 Å². The highest BCUT2D eigenvalue weighted by Gasteiger charge is 2.15. The standard InChI is InChI=1S/C17H24BrN3O3.ClH/c1-24-16-4-2-13(18)12-14(16)15(22)3-5-17(23)20-8-11-21-9-6-19-7-10-21;/h2,4,12,19H,3,5-11H2,1H3,(H,20,23);1H. The lowest BCUT2D eigenvalue weighted by molar-refractivity contribution is -0.121. The van der Waals surface area contributed by atoms with Crippen LogP contribution in [0, 0.1) is 0 Å². The number of rotatable bonds is 8. The van der Waals surface area contributed by atoms with E-state index in [0.29, 0.717) is 17.9 Å². The number of ether oxygens (including phenoxy) is 1. The van der Waals surface area contributed by atoms with Crippen molar-refractivity contribution < 1.29 is 14.3 Å². The maximum Gasteiger partial charge on any atom is 0.220 e. The molecule has 0 saturated carbocycles. The number of nitrogens with one attached hydrogen (secondary N) is 2. The van der Waals surface area contributed by atoms with Gasteiger partial charge in [0, 0.05) is 56.6 Å². The van der Waals surface area contributed by atoms with Crippen LogP contribution < -0.4 is 15.4 Å². The number of piperazine rings is 1. The fraction of sp³-hybridized carbons (Fsp3) is 0.529. The SMILES string of the molecule is COc1ccc(Br)cc1C(=O)CCC(=O)NCCN1CCNCC1.Cl. The predicted molar refractivity (Wildman–Crippen MR) is 104 cm³/mol. The average Bonchev–Trinajstić information content (AvgIpc) is 2.60. The Balaban J connectivity index is 0.00000312. The van der Waals surface area contributed by atoms with Gasteiger partial charge in [0.15, 0.2) is 5.78 Å². The molecular formula is C17H25BrClN3O3. The Kier molecular flexibility index (Phi) is 10.0. The van der Waals surface area contributed by atoms with E-state index in [1.807, 2.05) is 6.07 Å². The maximum atomic E-state index is 12.3. The molecule has 2 N–H and O–H groups in total. The number of benzene rings is 1. The first-order chi connectivity index (χ1) is 11.6. The van der Waals surface area contributed by atoms with Crippen LogP contribution in [0.3, 0.4) is 0 Å². The van der Waals surface area contributed by atoms with Crippen LogP contribution in [0.5, 0.6) is 5.75 Å². The first kappa shape index (κ1) is 21.9. The third-order valence-electron chi connectivity index (χ3n) is 4.00. The number of nitrogens with zero attached hydrogens (tertiary/aromatic N) is 1. The van der Waals surface area contributed by atoms with Crippen LogP contribution in [0.2, 0.25) is 0 Å². The minimum atomic E-state index is -0.0922. The van der Waals surface area contributed by atoms with E-state index in [0.717, 1.165) is 37.2 Å². The Morgan fingerprint density at radius 3 is 2.68 bits per heavy atom. The number of ketones is 1. The first-order valence-electron chi connectivity index (χ1n) is 8.16. The molecule has 1 aromatic carbocycles. The summed E-state index contributed by atoms with van der Waals surface area (Å²) < 4.78 is 6.02. The molecule has 1 amide bonds. The van der Waals surface area contributed by atoms with Crippen molar-refractivity contribution in [1.29, 1.82) is 0 Å². The Bertz CT molecular complexity index is 580. The number of methoxy groups -OCH3 is 1. The van der Waals surface area contributed by atoms with E-state index in [1.54, 1.807) is 12.1 Å². The molecule has 0 radical (unpaired) electrons. The molecule has 0 spiro atoms. The molecule has 0 unspecified atom stereocenters. The fourth-order valence-electron chi connectivity index (χ4n) is 2.64. The van der Waals surface area contributed by atoms with Crippen molar-refractivity contribution in [3.8, 4) is 5.75 Å². The zero-order chi connectivity index (χ0) is 17.4. The normalized spacial score (nSPS) is 14.5. The van der Waals surface area contributed by atoms with Gasteiger partial charge in [0.1, 0.15) is 5.75 Å². The van der Waals surface area contributed by atoms with Gasteiger partial charge in [0.2, 0.25) is 5.91 Å². The Morgan fingerprint density at radius 2 is 2.00 bits per heavy atom. The monoisotopic (exact) mass is 433 g/mol. The van der Waals surface area contributed by atoms with E-state index in [2.05, 4.69) is 31.5 Å². The van der Waals surface area contributed by atoms with Gasteiger partial charge in [-0.25, -0.2) is 0 Å². The molecule has 2 rings (SSSR count). The summed E-state index contributed by atoms with van der Waals surface area (Å²) in [5, 5.41) is 6.18. The molecule has 1 aliphatic heterocycles. The van der Waals surface area contributed by atoms with E-state index < -0.39 is 0 Å². The van der Waals surface area contributed by atoms with Crippen LogP contribution in [0.25, 0.3) is 0 Å². The number of carbonyl (C=O) groups excluding carboxylic acids is 2. The molecule has 1 aromatic rings. The maximum absolute atomic E-state index is 12.3. The molecule has 0 bridgehead atoms. The Hall–Kier alpha value is -1.15. The van der Waals surface area contributed by atoms with Gasteiger partial charge in [0.05, 0.1) is 12.7 Å². The van der Waals surface area contributed by atoms with Crippen molar-refractivity contribution in [2.24, 2.45) is 0 Å². The molecule has 140 valence electrons. The highest BCUT2D eigenvalue weighted by molar-refractivity contribution is 9.10. The van der Waals surface area contributed by atoms with E-state index in [-0.39, 0.29) is 36.9 Å². The highest BCUT2D eigenvalue weighted by Crippen LogP contribution is 2.24. The van der Waals surface area contributed by atoms with Crippen LogP contribution in [-0.2, 0) is 4.79 Å². The van der Waals surface area contributed by atoms with Crippen molar-refractivity contribution in [3.63, 3.8) is 0 Å². The average molecular weight is 435 g/mol. The van der Waals surface area contributed by atoms with E-state index >= 15 is 0 Å². The Labute approximate surface area is 163 Å². The van der Waals surface area contributed by atoms with E-state index in [1.165, 1.54) is 7.11 Å². The van der Waals surface area contributed by atoms with Crippen molar-refractivity contribution in [2.45, 2.75) is 12.8 Å². The number of Topliss-reactive ketones (excluding diaryl/α,β-unsaturated/α-hetero) is 1. The molecule has 0 aliphatic carbocycles. The van der Waals surface area contributed by atoms with Crippen LogP contribution in [-0.4, -0.2) is 63.0 Å². The third kappa shape index (κ3) is 7.32. The summed E-state index contributed by atoms with van der Waals surface area (Å²) in [5.41, 5.74) is 0.500. The van der Waals surface area contributed by atoms with Gasteiger partial charge in [-0.2, -0.15) is 0 Å². The van der Waals surface area contributed by atoms with Crippen LogP contribution in [0.1, 0.15) is 23.2 Å². The molecule has 1 heterocycles. The summed E-state index contributed by atoms with van der Waals surface area (Å²) in [6.45, 7) is 5.48. The minimum absolute atomic E-state index is 0. The van der Waals surface area contributed by atoms with Gasteiger partial charge in [-0.3, -0.25) is 14.5 Å². The second-order valence-electron chi connectivity index (χ2n) is 5.71. The van der Waals surface area contributed by atoms with Crippen molar-refractivity contribution in [1.82, 2.24) is 15.5 Å². The molecular weight excluding hydrogens is 410 g/mol.